The van der Waals surface area contributed by atoms with E-state index in [9.17, 15) is 13.6 Å². The van der Waals surface area contributed by atoms with Gasteiger partial charge >= 0.3 is 0 Å². The quantitative estimate of drug-likeness (QED) is 0.754. The number of hydrogen-bond donors (Lipinski definition) is 2. The van der Waals surface area contributed by atoms with Crippen molar-refractivity contribution in [1.29, 1.82) is 0 Å². The van der Waals surface area contributed by atoms with Crippen LogP contribution in [-0.4, -0.2) is 22.4 Å². The molecule has 0 unspecified atom stereocenters. The van der Waals surface area contributed by atoms with Gasteiger partial charge in [0.1, 0.15) is 12.1 Å². The first-order valence-corrected chi connectivity index (χ1v) is 7.32. The van der Waals surface area contributed by atoms with Crippen molar-refractivity contribution >= 4 is 28.3 Å². The highest BCUT2D eigenvalue weighted by Crippen LogP contribution is 2.18. The first kappa shape index (κ1) is 15.8. The molecule has 0 fully saturated rings. The molecule has 1 amide bonds. The van der Waals surface area contributed by atoms with Gasteiger partial charge in [0.25, 0.3) is 0 Å². The summed E-state index contributed by atoms with van der Waals surface area (Å²) in [5, 5.41) is 6.46. The Hall–Kier alpha value is -3.09. The molecule has 0 aliphatic carbocycles. The maximum atomic E-state index is 13.1. The van der Waals surface area contributed by atoms with Crippen molar-refractivity contribution in [3.63, 3.8) is 0 Å². The third-order valence-corrected chi connectivity index (χ3v) is 3.39. The van der Waals surface area contributed by atoms with Crippen LogP contribution in [0.2, 0.25) is 0 Å². The fraction of sp³-hybridized carbons (Fsp3) is 0.118. The van der Waals surface area contributed by atoms with E-state index >= 15 is 0 Å². The Balaban J connectivity index is 1.57. The first-order chi connectivity index (χ1) is 11.6. The van der Waals surface area contributed by atoms with E-state index in [1.807, 2.05) is 24.3 Å². The number of nitrogens with zero attached hydrogens (tertiary/aromatic N) is 2. The van der Waals surface area contributed by atoms with Crippen molar-refractivity contribution in [2.75, 3.05) is 17.2 Å². The second-order valence-electron chi connectivity index (χ2n) is 5.09. The van der Waals surface area contributed by atoms with E-state index in [-0.39, 0.29) is 18.0 Å². The Bertz CT molecular complexity index is 880. The van der Waals surface area contributed by atoms with Crippen LogP contribution in [0.1, 0.15) is 6.42 Å². The minimum atomic E-state index is -1.00. The summed E-state index contributed by atoms with van der Waals surface area (Å²) in [5.74, 6) is -1.63. The van der Waals surface area contributed by atoms with Crippen molar-refractivity contribution in [2.24, 2.45) is 0 Å². The van der Waals surface area contributed by atoms with Gasteiger partial charge < -0.3 is 10.6 Å². The second kappa shape index (κ2) is 6.99. The molecular weight excluding hydrogens is 314 g/mol. The molecule has 7 heteroatoms. The standard InChI is InChI=1S/C17H14F2N4O/c18-13-6-5-11(9-14(13)19)23-16(24)7-8-20-17-12-3-1-2-4-15(12)21-10-22-17/h1-6,9-10H,7-8H2,(H,23,24)(H,20,21,22). The molecule has 0 radical (unpaired) electrons. The minimum absolute atomic E-state index is 0.150. The molecule has 1 heterocycles. The summed E-state index contributed by atoms with van der Waals surface area (Å²) >= 11 is 0. The molecule has 1 aromatic heterocycles. The van der Waals surface area contributed by atoms with Crippen molar-refractivity contribution < 1.29 is 13.6 Å². The van der Waals surface area contributed by atoms with E-state index in [2.05, 4.69) is 20.6 Å². The van der Waals surface area contributed by atoms with E-state index in [0.717, 1.165) is 23.0 Å². The molecule has 0 bridgehead atoms. The number of carbonyl (C=O) groups is 1. The van der Waals surface area contributed by atoms with Gasteiger partial charge in [-0.1, -0.05) is 12.1 Å². The monoisotopic (exact) mass is 328 g/mol. The van der Waals surface area contributed by atoms with Crippen LogP contribution < -0.4 is 10.6 Å². The predicted molar refractivity (Wildman–Crippen MR) is 87.6 cm³/mol. The number of nitrogens with one attached hydrogen (secondary N) is 2. The molecule has 2 aromatic carbocycles. The molecule has 0 aliphatic heterocycles. The second-order valence-corrected chi connectivity index (χ2v) is 5.09. The molecule has 24 heavy (non-hydrogen) atoms. The highest BCUT2D eigenvalue weighted by Gasteiger charge is 2.07. The lowest BCUT2D eigenvalue weighted by Crippen LogP contribution is -2.17. The van der Waals surface area contributed by atoms with Gasteiger partial charge in [-0.05, 0) is 24.3 Å². The maximum Gasteiger partial charge on any atom is 0.226 e. The first-order valence-electron chi connectivity index (χ1n) is 7.32. The Morgan fingerprint density at radius 3 is 2.71 bits per heavy atom. The van der Waals surface area contributed by atoms with Crippen LogP contribution in [0.5, 0.6) is 0 Å². The van der Waals surface area contributed by atoms with Crippen LogP contribution in [0.3, 0.4) is 0 Å². The van der Waals surface area contributed by atoms with E-state index in [1.165, 1.54) is 12.4 Å². The summed E-state index contributed by atoms with van der Waals surface area (Å²) in [5.41, 5.74) is 1.02. The zero-order chi connectivity index (χ0) is 16.9. The average Bonchev–Trinajstić information content (AvgIpc) is 2.58. The predicted octanol–water partition coefficient (Wildman–Crippen LogP) is 3.35. The largest absolute Gasteiger partial charge is 0.369 e. The van der Waals surface area contributed by atoms with Crippen LogP contribution in [0.15, 0.2) is 48.8 Å². The maximum absolute atomic E-state index is 13.1. The lowest BCUT2D eigenvalue weighted by Gasteiger charge is -2.09. The van der Waals surface area contributed by atoms with Gasteiger partial charge in [-0.3, -0.25) is 4.79 Å². The van der Waals surface area contributed by atoms with Crippen LogP contribution in [0.25, 0.3) is 10.9 Å². The van der Waals surface area contributed by atoms with Gasteiger partial charge in [0.05, 0.1) is 5.52 Å². The lowest BCUT2D eigenvalue weighted by molar-refractivity contribution is -0.115. The molecule has 122 valence electrons. The number of para-hydroxylation sites is 1. The Kier molecular flexibility index (Phi) is 4.60. The molecule has 3 aromatic rings. The number of hydrogen-bond acceptors (Lipinski definition) is 4. The summed E-state index contributed by atoms with van der Waals surface area (Å²) in [6, 6.07) is 10.7. The van der Waals surface area contributed by atoms with E-state index in [0.29, 0.717) is 12.4 Å². The third kappa shape index (κ3) is 3.62. The Morgan fingerprint density at radius 1 is 1.04 bits per heavy atom. The van der Waals surface area contributed by atoms with Crippen LogP contribution >= 0.6 is 0 Å². The van der Waals surface area contributed by atoms with Gasteiger partial charge in [-0.2, -0.15) is 0 Å². The van der Waals surface area contributed by atoms with Crippen LogP contribution in [0.4, 0.5) is 20.3 Å². The molecule has 5 nitrogen and oxygen atoms in total. The molecule has 3 rings (SSSR count). The summed E-state index contributed by atoms with van der Waals surface area (Å²) in [6.45, 7) is 0.344. The fourth-order valence-electron chi connectivity index (χ4n) is 2.24. The molecule has 0 saturated carbocycles. The van der Waals surface area contributed by atoms with Gasteiger partial charge in [0, 0.05) is 30.1 Å². The number of rotatable bonds is 5. The van der Waals surface area contributed by atoms with Gasteiger partial charge in [0.15, 0.2) is 11.6 Å². The molecule has 0 saturated heterocycles. The van der Waals surface area contributed by atoms with Crippen LogP contribution in [0, 0.1) is 11.6 Å². The summed E-state index contributed by atoms with van der Waals surface area (Å²) in [4.78, 5) is 20.2. The highest BCUT2D eigenvalue weighted by molar-refractivity contribution is 5.91. The van der Waals surface area contributed by atoms with Crippen molar-refractivity contribution in [3.05, 3.63) is 60.4 Å². The minimum Gasteiger partial charge on any atom is -0.369 e. The zero-order valence-electron chi connectivity index (χ0n) is 12.6. The van der Waals surface area contributed by atoms with Gasteiger partial charge in [0.2, 0.25) is 5.91 Å². The summed E-state index contributed by atoms with van der Waals surface area (Å²) in [6.07, 6.45) is 1.60. The number of halogens is 2. The zero-order valence-corrected chi connectivity index (χ0v) is 12.6. The van der Waals surface area contributed by atoms with Gasteiger partial charge in [-0.15, -0.1) is 0 Å². The number of aromatic nitrogens is 2. The highest BCUT2D eigenvalue weighted by atomic mass is 19.2. The smallest absolute Gasteiger partial charge is 0.226 e. The molecule has 0 spiro atoms. The van der Waals surface area contributed by atoms with Crippen LogP contribution in [-0.2, 0) is 4.79 Å². The average molecular weight is 328 g/mol. The van der Waals surface area contributed by atoms with E-state index in [1.54, 1.807) is 0 Å². The SMILES string of the molecule is O=C(CCNc1ncnc2ccccc12)Nc1ccc(F)c(F)c1. The number of fused-ring (bicyclic) bond motifs is 1. The molecule has 0 atom stereocenters. The van der Waals surface area contributed by atoms with Crippen molar-refractivity contribution in [3.8, 4) is 0 Å². The normalized spacial score (nSPS) is 10.6. The van der Waals surface area contributed by atoms with E-state index < -0.39 is 11.6 Å². The fourth-order valence-corrected chi connectivity index (χ4v) is 2.24. The van der Waals surface area contributed by atoms with E-state index in [4.69, 9.17) is 0 Å². The molecular formula is C17H14F2N4O. The van der Waals surface area contributed by atoms with Gasteiger partial charge in [-0.25, -0.2) is 18.7 Å². The molecule has 2 N–H and O–H groups in total. The Morgan fingerprint density at radius 2 is 1.88 bits per heavy atom. The van der Waals surface area contributed by atoms with Crippen molar-refractivity contribution in [1.82, 2.24) is 9.97 Å². The number of carbonyl (C=O) groups excluding carboxylic acids is 1. The Labute approximate surface area is 136 Å². The number of amides is 1. The number of benzene rings is 2. The third-order valence-electron chi connectivity index (χ3n) is 3.39. The molecule has 0 aliphatic rings. The number of anilines is 2. The van der Waals surface area contributed by atoms with Crippen molar-refractivity contribution in [2.45, 2.75) is 6.42 Å². The topological polar surface area (TPSA) is 66.9 Å². The lowest BCUT2D eigenvalue weighted by atomic mass is 10.2. The summed E-state index contributed by atoms with van der Waals surface area (Å²) < 4.78 is 25.9. The summed E-state index contributed by atoms with van der Waals surface area (Å²) in [7, 11) is 0.